The van der Waals surface area contributed by atoms with Crippen LogP contribution in [0.25, 0.3) is 0 Å². The van der Waals surface area contributed by atoms with Crippen LogP contribution in [-0.2, 0) is 4.79 Å². The lowest BCUT2D eigenvalue weighted by Crippen LogP contribution is -2.54. The molecule has 0 aromatic carbocycles. The number of carboxylic acids is 1. The zero-order chi connectivity index (χ0) is 14.0. The van der Waals surface area contributed by atoms with Gasteiger partial charge in [0.1, 0.15) is 5.54 Å². The van der Waals surface area contributed by atoms with Gasteiger partial charge < -0.3 is 10.0 Å². The highest BCUT2D eigenvalue weighted by Crippen LogP contribution is 2.35. The molecule has 0 amide bonds. The van der Waals surface area contributed by atoms with Gasteiger partial charge in [-0.05, 0) is 58.8 Å². The van der Waals surface area contributed by atoms with Crippen molar-refractivity contribution in [1.29, 1.82) is 0 Å². The lowest BCUT2D eigenvalue weighted by atomic mass is 9.96. The summed E-state index contributed by atoms with van der Waals surface area (Å²) in [5.41, 5.74) is -0.801. The predicted molar refractivity (Wildman–Crippen MR) is 76.2 cm³/mol. The van der Waals surface area contributed by atoms with Crippen molar-refractivity contribution in [3.63, 3.8) is 0 Å². The summed E-state index contributed by atoms with van der Waals surface area (Å²) in [4.78, 5) is 14.0. The molecule has 0 radical (unpaired) electrons. The summed E-state index contributed by atoms with van der Waals surface area (Å²) in [6.07, 6.45) is 6.01. The van der Waals surface area contributed by atoms with Gasteiger partial charge in [-0.2, -0.15) is 0 Å². The van der Waals surface area contributed by atoms with E-state index in [1.807, 2.05) is 20.8 Å². The molecule has 2 fully saturated rings. The van der Waals surface area contributed by atoms with Crippen LogP contribution >= 0.6 is 0 Å². The number of rotatable bonds is 9. The molecule has 0 aliphatic heterocycles. The standard InChI is InChI=1S/C15H28N2O2/c1-11(2)16-15(3,14(18)19)8-9-17(13-6-7-13)10-12-4-5-12/h11-13,16H,4-10H2,1-3H3,(H,18,19). The quantitative estimate of drug-likeness (QED) is 0.672. The first-order valence-corrected chi connectivity index (χ1v) is 7.66. The highest BCUT2D eigenvalue weighted by atomic mass is 16.4. The lowest BCUT2D eigenvalue weighted by molar-refractivity contribution is -0.145. The van der Waals surface area contributed by atoms with Crippen LogP contribution in [0, 0.1) is 5.92 Å². The average Bonchev–Trinajstić information content (AvgIpc) is 3.13. The Labute approximate surface area is 116 Å². The predicted octanol–water partition coefficient (Wildman–Crippen LogP) is 2.09. The molecule has 1 atom stereocenters. The Morgan fingerprint density at radius 3 is 2.42 bits per heavy atom. The van der Waals surface area contributed by atoms with Crippen LogP contribution < -0.4 is 5.32 Å². The molecule has 0 saturated heterocycles. The second-order valence-electron chi connectivity index (χ2n) is 6.86. The van der Waals surface area contributed by atoms with E-state index in [1.54, 1.807) is 0 Å². The molecular weight excluding hydrogens is 240 g/mol. The third kappa shape index (κ3) is 4.46. The number of aliphatic carboxylic acids is 1. The second-order valence-corrected chi connectivity index (χ2v) is 6.86. The molecule has 2 aliphatic rings. The molecule has 1 unspecified atom stereocenters. The Bertz CT molecular complexity index is 324. The first-order chi connectivity index (χ1) is 8.90. The first kappa shape index (κ1) is 14.8. The van der Waals surface area contributed by atoms with Crippen LogP contribution in [0.2, 0.25) is 0 Å². The number of nitrogens with one attached hydrogen (secondary N) is 1. The maximum absolute atomic E-state index is 11.5. The molecule has 2 saturated carbocycles. The maximum Gasteiger partial charge on any atom is 0.323 e. The molecule has 2 rings (SSSR count). The third-order valence-corrected chi connectivity index (χ3v) is 4.23. The molecular formula is C15H28N2O2. The summed E-state index contributed by atoms with van der Waals surface area (Å²) in [5, 5.41) is 12.7. The molecule has 4 nitrogen and oxygen atoms in total. The number of nitrogens with zero attached hydrogens (tertiary/aromatic N) is 1. The molecule has 110 valence electrons. The molecule has 0 heterocycles. The molecule has 2 N–H and O–H groups in total. The SMILES string of the molecule is CC(C)NC(C)(CCN(CC1CC1)C1CC1)C(=O)O. The van der Waals surface area contributed by atoms with Gasteiger partial charge in [0.05, 0.1) is 0 Å². The minimum Gasteiger partial charge on any atom is -0.480 e. The smallest absolute Gasteiger partial charge is 0.323 e. The van der Waals surface area contributed by atoms with Crippen LogP contribution in [-0.4, -0.2) is 46.7 Å². The van der Waals surface area contributed by atoms with Gasteiger partial charge in [0.25, 0.3) is 0 Å². The molecule has 2 aliphatic carbocycles. The van der Waals surface area contributed by atoms with Crippen molar-refractivity contribution in [2.45, 2.75) is 70.5 Å². The fourth-order valence-electron chi connectivity index (χ4n) is 2.74. The average molecular weight is 268 g/mol. The van der Waals surface area contributed by atoms with Gasteiger partial charge in [-0.25, -0.2) is 0 Å². The number of hydrogen-bond donors (Lipinski definition) is 2. The maximum atomic E-state index is 11.5. The van der Waals surface area contributed by atoms with Crippen LogP contribution in [0.4, 0.5) is 0 Å². The first-order valence-electron chi connectivity index (χ1n) is 7.66. The van der Waals surface area contributed by atoms with Crippen molar-refractivity contribution in [3.8, 4) is 0 Å². The van der Waals surface area contributed by atoms with Gasteiger partial charge in [0, 0.05) is 25.2 Å². The second kappa shape index (κ2) is 5.80. The van der Waals surface area contributed by atoms with Crippen LogP contribution in [0.1, 0.15) is 52.9 Å². The zero-order valence-corrected chi connectivity index (χ0v) is 12.5. The van der Waals surface area contributed by atoms with Crippen molar-refractivity contribution < 1.29 is 9.90 Å². The van der Waals surface area contributed by atoms with Crippen LogP contribution in [0.15, 0.2) is 0 Å². The molecule has 19 heavy (non-hydrogen) atoms. The van der Waals surface area contributed by atoms with E-state index in [0.717, 1.165) is 18.5 Å². The molecule has 0 aromatic heterocycles. The van der Waals surface area contributed by atoms with Gasteiger partial charge in [-0.15, -0.1) is 0 Å². The number of hydrogen-bond acceptors (Lipinski definition) is 3. The highest BCUT2D eigenvalue weighted by Gasteiger charge is 2.37. The van der Waals surface area contributed by atoms with Crippen molar-refractivity contribution >= 4 is 5.97 Å². The summed E-state index contributed by atoms with van der Waals surface area (Å²) >= 11 is 0. The van der Waals surface area contributed by atoms with Crippen molar-refractivity contribution in [3.05, 3.63) is 0 Å². The fraction of sp³-hybridized carbons (Fsp3) is 0.933. The van der Waals surface area contributed by atoms with Crippen molar-refractivity contribution in [1.82, 2.24) is 10.2 Å². The Kier molecular flexibility index (Phi) is 4.51. The Morgan fingerprint density at radius 1 is 1.37 bits per heavy atom. The summed E-state index contributed by atoms with van der Waals surface area (Å²) in [7, 11) is 0. The third-order valence-electron chi connectivity index (χ3n) is 4.23. The molecule has 0 bridgehead atoms. The van der Waals surface area contributed by atoms with E-state index in [4.69, 9.17) is 0 Å². The Hall–Kier alpha value is -0.610. The molecule has 0 aromatic rings. The van der Waals surface area contributed by atoms with Gasteiger partial charge in [-0.1, -0.05) is 0 Å². The molecule has 4 heteroatoms. The van der Waals surface area contributed by atoms with Gasteiger partial charge in [-0.3, -0.25) is 10.1 Å². The van der Waals surface area contributed by atoms with E-state index in [0.29, 0.717) is 6.42 Å². The van der Waals surface area contributed by atoms with Gasteiger partial charge in [0.15, 0.2) is 0 Å². The minimum absolute atomic E-state index is 0.193. The molecule has 0 spiro atoms. The van der Waals surface area contributed by atoms with Crippen molar-refractivity contribution in [2.24, 2.45) is 5.92 Å². The monoisotopic (exact) mass is 268 g/mol. The van der Waals surface area contributed by atoms with Crippen LogP contribution in [0.3, 0.4) is 0 Å². The van der Waals surface area contributed by atoms with E-state index in [-0.39, 0.29) is 6.04 Å². The fourth-order valence-corrected chi connectivity index (χ4v) is 2.74. The lowest BCUT2D eigenvalue weighted by Gasteiger charge is -2.32. The van der Waals surface area contributed by atoms with Gasteiger partial charge >= 0.3 is 5.97 Å². The van der Waals surface area contributed by atoms with E-state index in [1.165, 1.54) is 32.2 Å². The Balaban J connectivity index is 1.86. The summed E-state index contributed by atoms with van der Waals surface area (Å²) in [6, 6.07) is 0.927. The largest absolute Gasteiger partial charge is 0.480 e. The minimum atomic E-state index is -0.801. The van der Waals surface area contributed by atoms with E-state index in [9.17, 15) is 9.90 Å². The normalized spacial score (nSPS) is 22.8. The van der Waals surface area contributed by atoms with E-state index in [2.05, 4.69) is 10.2 Å². The number of carboxylic acid groups (broad SMARTS) is 1. The summed E-state index contributed by atoms with van der Waals surface area (Å²) in [6.45, 7) is 7.91. The van der Waals surface area contributed by atoms with Crippen LogP contribution in [0.5, 0.6) is 0 Å². The Morgan fingerprint density at radius 2 is 2.00 bits per heavy atom. The van der Waals surface area contributed by atoms with Gasteiger partial charge in [0.2, 0.25) is 0 Å². The highest BCUT2D eigenvalue weighted by molar-refractivity contribution is 5.78. The number of carbonyl (C=O) groups is 1. The topological polar surface area (TPSA) is 52.6 Å². The van der Waals surface area contributed by atoms with E-state index >= 15 is 0 Å². The van der Waals surface area contributed by atoms with Crippen molar-refractivity contribution in [2.75, 3.05) is 13.1 Å². The zero-order valence-electron chi connectivity index (χ0n) is 12.5. The summed E-state index contributed by atoms with van der Waals surface area (Å²) in [5.74, 6) is 0.151. The summed E-state index contributed by atoms with van der Waals surface area (Å²) < 4.78 is 0. The van der Waals surface area contributed by atoms with E-state index < -0.39 is 11.5 Å².